The van der Waals surface area contributed by atoms with Gasteiger partial charge in [-0.1, -0.05) is 6.92 Å². The lowest BCUT2D eigenvalue weighted by molar-refractivity contribution is 0.231. The minimum absolute atomic E-state index is 0.565. The van der Waals surface area contributed by atoms with Crippen molar-refractivity contribution < 1.29 is 0 Å². The Hall–Kier alpha value is -0.810. The van der Waals surface area contributed by atoms with E-state index >= 15 is 0 Å². The van der Waals surface area contributed by atoms with Crippen LogP contribution in [0.2, 0.25) is 0 Å². The zero-order valence-electron chi connectivity index (χ0n) is 11.0. The summed E-state index contributed by atoms with van der Waals surface area (Å²) in [5.41, 5.74) is 0. The van der Waals surface area contributed by atoms with Gasteiger partial charge in [0.25, 0.3) is 0 Å². The highest BCUT2D eigenvalue weighted by atomic mass is 32.2. The molecule has 18 heavy (non-hydrogen) atoms. The lowest BCUT2D eigenvalue weighted by atomic mass is 10.1. The molecule has 0 aromatic carbocycles. The van der Waals surface area contributed by atoms with Crippen LogP contribution in [0, 0.1) is 0 Å². The first-order valence-corrected chi connectivity index (χ1v) is 7.86. The van der Waals surface area contributed by atoms with Gasteiger partial charge in [0.1, 0.15) is 12.1 Å². The molecule has 1 fully saturated rings. The second-order valence-electron chi connectivity index (χ2n) is 4.55. The molecule has 0 bridgehead atoms. The second-order valence-corrected chi connectivity index (χ2v) is 5.95. The van der Waals surface area contributed by atoms with Crippen LogP contribution in [0.3, 0.4) is 0 Å². The number of hydrogen-bond donors (Lipinski definition) is 1. The van der Waals surface area contributed by atoms with E-state index in [1.165, 1.54) is 44.0 Å². The molecule has 0 unspecified atom stereocenters. The van der Waals surface area contributed by atoms with E-state index in [-0.39, 0.29) is 0 Å². The Bertz CT molecular complexity index is 325. The van der Waals surface area contributed by atoms with E-state index < -0.39 is 0 Å². The van der Waals surface area contributed by atoms with Gasteiger partial charge in [-0.05, 0) is 24.7 Å². The summed E-state index contributed by atoms with van der Waals surface area (Å²) < 4.78 is 0. The molecule has 0 saturated carbocycles. The van der Waals surface area contributed by atoms with Crippen LogP contribution in [0.15, 0.2) is 18.6 Å². The molecule has 1 N–H and O–H groups in total. The van der Waals surface area contributed by atoms with Gasteiger partial charge in [-0.3, -0.25) is 0 Å². The molecular formula is C13H22N4S. The van der Waals surface area contributed by atoms with Gasteiger partial charge in [-0.15, -0.1) is 0 Å². The zero-order valence-corrected chi connectivity index (χ0v) is 11.8. The lowest BCUT2D eigenvalue weighted by Crippen LogP contribution is -2.40. The highest BCUT2D eigenvalue weighted by Crippen LogP contribution is 2.15. The van der Waals surface area contributed by atoms with Crippen molar-refractivity contribution in [3.63, 3.8) is 0 Å². The molecular weight excluding hydrogens is 244 g/mol. The smallest absolute Gasteiger partial charge is 0.129 e. The molecule has 1 aromatic rings. The molecule has 2 rings (SSSR count). The van der Waals surface area contributed by atoms with E-state index in [1.807, 2.05) is 17.8 Å². The molecule has 0 atom stereocenters. The van der Waals surface area contributed by atoms with Crippen LogP contribution in [0.4, 0.5) is 5.82 Å². The van der Waals surface area contributed by atoms with Crippen LogP contribution in [-0.2, 0) is 0 Å². The van der Waals surface area contributed by atoms with Gasteiger partial charge in [-0.25, -0.2) is 9.97 Å². The minimum Gasteiger partial charge on any atom is -0.367 e. The molecule has 1 saturated heterocycles. The van der Waals surface area contributed by atoms with E-state index in [2.05, 4.69) is 27.1 Å². The van der Waals surface area contributed by atoms with Crippen LogP contribution in [0.25, 0.3) is 0 Å². The molecule has 5 heteroatoms. The first-order valence-electron chi connectivity index (χ1n) is 6.71. The summed E-state index contributed by atoms with van der Waals surface area (Å²) in [7, 11) is 0. The Morgan fingerprint density at radius 2 is 2.28 bits per heavy atom. The predicted octanol–water partition coefficient (Wildman–Crippen LogP) is 2.11. The fourth-order valence-corrected chi connectivity index (χ4v) is 2.90. The van der Waals surface area contributed by atoms with E-state index in [9.17, 15) is 0 Å². The molecule has 2 heterocycles. The Kier molecular flexibility index (Phi) is 5.74. The highest BCUT2D eigenvalue weighted by Gasteiger charge is 2.18. The lowest BCUT2D eigenvalue weighted by Gasteiger charge is -2.32. The zero-order chi connectivity index (χ0) is 12.6. The Morgan fingerprint density at radius 3 is 2.94 bits per heavy atom. The van der Waals surface area contributed by atoms with E-state index in [0.29, 0.717) is 6.04 Å². The Labute approximate surface area is 114 Å². The van der Waals surface area contributed by atoms with Crippen LogP contribution in [0.5, 0.6) is 0 Å². The van der Waals surface area contributed by atoms with Gasteiger partial charge in [-0.2, -0.15) is 11.8 Å². The van der Waals surface area contributed by atoms with Gasteiger partial charge in [0, 0.05) is 37.6 Å². The van der Waals surface area contributed by atoms with E-state index in [0.717, 1.165) is 5.82 Å². The van der Waals surface area contributed by atoms with E-state index in [4.69, 9.17) is 0 Å². The van der Waals surface area contributed by atoms with Gasteiger partial charge in [0.2, 0.25) is 0 Å². The third-order valence-electron chi connectivity index (χ3n) is 3.28. The topological polar surface area (TPSA) is 41.0 Å². The summed E-state index contributed by atoms with van der Waals surface area (Å²) >= 11 is 2.03. The number of rotatable bonds is 6. The Balaban J connectivity index is 1.67. The third-order valence-corrected chi connectivity index (χ3v) is 4.16. The SMILES string of the molecule is CCSCCN1CCC(Nc2ccncn2)CC1. The summed E-state index contributed by atoms with van der Waals surface area (Å²) in [6.07, 6.45) is 5.80. The van der Waals surface area contributed by atoms with Crippen LogP contribution >= 0.6 is 11.8 Å². The van der Waals surface area contributed by atoms with Crippen molar-refractivity contribution in [2.75, 3.05) is 36.5 Å². The monoisotopic (exact) mass is 266 g/mol. The maximum absolute atomic E-state index is 4.21. The average molecular weight is 266 g/mol. The van der Waals surface area contributed by atoms with Gasteiger partial charge in [0.15, 0.2) is 0 Å². The first kappa shape index (κ1) is 13.6. The number of piperidine rings is 1. The van der Waals surface area contributed by atoms with Gasteiger partial charge in [0.05, 0.1) is 0 Å². The van der Waals surface area contributed by atoms with Crippen molar-refractivity contribution >= 4 is 17.6 Å². The predicted molar refractivity (Wildman–Crippen MR) is 78.1 cm³/mol. The molecule has 1 aliphatic rings. The van der Waals surface area contributed by atoms with E-state index in [1.54, 1.807) is 12.5 Å². The largest absolute Gasteiger partial charge is 0.367 e. The summed E-state index contributed by atoms with van der Waals surface area (Å²) in [5, 5.41) is 3.49. The molecule has 1 aromatic heterocycles. The van der Waals surface area contributed by atoms with Crippen molar-refractivity contribution in [2.24, 2.45) is 0 Å². The van der Waals surface area contributed by atoms with Crippen molar-refractivity contribution in [1.29, 1.82) is 0 Å². The summed E-state index contributed by atoms with van der Waals surface area (Å²) in [6, 6.07) is 2.50. The number of nitrogens with zero attached hydrogens (tertiary/aromatic N) is 3. The van der Waals surface area contributed by atoms with Crippen molar-refractivity contribution in [2.45, 2.75) is 25.8 Å². The molecule has 100 valence electrons. The quantitative estimate of drug-likeness (QED) is 0.799. The fraction of sp³-hybridized carbons (Fsp3) is 0.692. The molecule has 1 aliphatic heterocycles. The van der Waals surface area contributed by atoms with Crippen molar-refractivity contribution in [3.05, 3.63) is 18.6 Å². The standard InChI is InChI=1S/C13H22N4S/c1-2-18-10-9-17-7-4-12(5-8-17)16-13-3-6-14-11-15-13/h3,6,11-12H,2,4-5,7-10H2,1H3,(H,14,15,16). The van der Waals surface area contributed by atoms with Gasteiger partial charge < -0.3 is 10.2 Å². The number of likely N-dealkylation sites (tertiary alicyclic amines) is 1. The highest BCUT2D eigenvalue weighted by molar-refractivity contribution is 7.99. The number of aromatic nitrogens is 2. The molecule has 4 nitrogen and oxygen atoms in total. The normalized spacial score (nSPS) is 17.8. The second kappa shape index (κ2) is 7.59. The molecule has 0 radical (unpaired) electrons. The number of thioether (sulfide) groups is 1. The Morgan fingerprint density at radius 1 is 1.44 bits per heavy atom. The third kappa shape index (κ3) is 4.46. The fourth-order valence-electron chi connectivity index (χ4n) is 2.22. The molecule has 0 spiro atoms. The van der Waals surface area contributed by atoms with Crippen LogP contribution in [0.1, 0.15) is 19.8 Å². The van der Waals surface area contributed by atoms with Gasteiger partial charge >= 0.3 is 0 Å². The van der Waals surface area contributed by atoms with Crippen molar-refractivity contribution in [1.82, 2.24) is 14.9 Å². The maximum Gasteiger partial charge on any atom is 0.129 e. The van der Waals surface area contributed by atoms with Crippen LogP contribution in [-0.4, -0.2) is 52.0 Å². The number of hydrogen-bond acceptors (Lipinski definition) is 5. The summed E-state index contributed by atoms with van der Waals surface area (Å²) in [6.45, 7) is 5.86. The number of nitrogens with one attached hydrogen (secondary N) is 1. The maximum atomic E-state index is 4.21. The summed E-state index contributed by atoms with van der Waals surface area (Å²) in [5.74, 6) is 3.44. The van der Waals surface area contributed by atoms with Crippen molar-refractivity contribution in [3.8, 4) is 0 Å². The molecule has 0 aliphatic carbocycles. The average Bonchev–Trinajstić information content (AvgIpc) is 2.42. The number of anilines is 1. The van der Waals surface area contributed by atoms with Crippen LogP contribution < -0.4 is 5.32 Å². The first-order chi connectivity index (χ1) is 8.88. The minimum atomic E-state index is 0.565. The summed E-state index contributed by atoms with van der Waals surface area (Å²) in [4.78, 5) is 10.7. The molecule has 0 amide bonds.